The molecule has 2 aromatic carbocycles. The van der Waals surface area contributed by atoms with Crippen LogP contribution in [0.1, 0.15) is 76.3 Å². The minimum Gasteiger partial charge on any atom is -1.00 e. The van der Waals surface area contributed by atoms with E-state index in [9.17, 15) is 0 Å². The Kier molecular flexibility index (Phi) is 30.0. The maximum Gasteiger partial charge on any atom is -1.00 e. The molecule has 0 aromatic heterocycles. The molecule has 0 spiro atoms. The van der Waals surface area contributed by atoms with Gasteiger partial charge in [0.2, 0.25) is 0 Å². The van der Waals surface area contributed by atoms with Crippen molar-refractivity contribution in [3.63, 3.8) is 0 Å². The fourth-order valence-corrected chi connectivity index (χ4v) is 2.67. The van der Waals surface area contributed by atoms with Crippen LogP contribution in [0.2, 0.25) is 13.1 Å². The summed E-state index contributed by atoms with van der Waals surface area (Å²) in [4.78, 5) is 0. The summed E-state index contributed by atoms with van der Waals surface area (Å²) >= 11 is 1.74. The van der Waals surface area contributed by atoms with Crippen molar-refractivity contribution in [3.05, 3.63) is 59.7 Å². The molecule has 0 N–H and O–H groups in total. The number of hydrogen-bond donors (Lipinski definition) is 0. The molecule has 0 amide bonds. The summed E-state index contributed by atoms with van der Waals surface area (Å²) in [7, 11) is 0. The third kappa shape index (κ3) is 24.4. The number of halogens is 2. The quantitative estimate of drug-likeness (QED) is 0.256. The minimum absolute atomic E-state index is 0. The van der Waals surface area contributed by atoms with Gasteiger partial charge in [0.1, 0.15) is 0 Å². The van der Waals surface area contributed by atoms with E-state index in [4.69, 9.17) is 0 Å². The van der Waals surface area contributed by atoms with E-state index in [-0.39, 0.29) is 30.2 Å². The summed E-state index contributed by atoms with van der Waals surface area (Å²) in [5.41, 5.74) is 3.21. The normalized spacial score (nSPS) is 9.07. The molecule has 4 heteroatoms. The first-order valence-corrected chi connectivity index (χ1v) is 16.7. The predicted octanol–water partition coefficient (Wildman–Crippen LogP) is 1.85. The summed E-state index contributed by atoms with van der Waals surface area (Å²) in [6.45, 7) is 9.12. The summed E-state index contributed by atoms with van der Waals surface area (Å²) < 4.78 is 0. The van der Waals surface area contributed by atoms with Gasteiger partial charge in [-0.05, 0) is 0 Å². The Balaban J connectivity index is -0.000000355. The first kappa shape index (κ1) is 33.0. The van der Waals surface area contributed by atoms with Gasteiger partial charge in [0.25, 0.3) is 0 Å². The topological polar surface area (TPSA) is 0 Å². The van der Waals surface area contributed by atoms with Crippen LogP contribution in [0.5, 0.6) is 0 Å². The van der Waals surface area contributed by atoms with Crippen molar-refractivity contribution in [1.82, 2.24) is 0 Å². The van der Waals surface area contributed by atoms with Crippen molar-refractivity contribution in [1.29, 1.82) is 0 Å². The van der Waals surface area contributed by atoms with Crippen LogP contribution in [0.4, 0.5) is 0 Å². The smallest absolute Gasteiger partial charge is 1.00 e. The largest absolute Gasteiger partial charge is 1.00 e. The second-order valence-corrected chi connectivity index (χ2v) is 16.6. The van der Waals surface area contributed by atoms with Crippen LogP contribution in [0.15, 0.2) is 48.5 Å². The summed E-state index contributed by atoms with van der Waals surface area (Å²) in [6, 6.07) is 17.3. The average molecular weight is 519 g/mol. The number of aryl methyl sites for hydroxylation is 2. The zero-order valence-corrected chi connectivity index (χ0v) is 23.4. The monoisotopic (exact) mass is 516 g/mol. The molecular formula is C24H40Cl2SiZr-2. The summed E-state index contributed by atoms with van der Waals surface area (Å²) in [5.74, 6) is 0. The van der Waals surface area contributed by atoms with E-state index in [1.807, 2.05) is 0 Å². The molecule has 28 heavy (non-hydrogen) atoms. The van der Waals surface area contributed by atoms with Crippen LogP contribution >= 0.6 is 0 Å². The molecule has 0 aliphatic carbocycles. The fourth-order valence-electron chi connectivity index (χ4n) is 2.67. The number of rotatable bonds is 10. The summed E-state index contributed by atoms with van der Waals surface area (Å²) in [6.07, 6.45) is 13.5. The predicted molar refractivity (Wildman–Crippen MR) is 117 cm³/mol. The van der Waals surface area contributed by atoms with Crippen LogP contribution in [0, 0.1) is 0 Å². The number of hydrogen-bond acceptors (Lipinski definition) is 0. The van der Waals surface area contributed by atoms with Crippen LogP contribution in [0.3, 0.4) is 0 Å². The first-order valence-electron chi connectivity index (χ1n) is 10.5. The van der Waals surface area contributed by atoms with Gasteiger partial charge in [-0.15, -0.1) is 0 Å². The molecule has 2 rings (SSSR count). The van der Waals surface area contributed by atoms with Gasteiger partial charge in [-0.25, -0.2) is 12.1 Å². The van der Waals surface area contributed by atoms with Crippen molar-refractivity contribution in [2.45, 2.75) is 91.1 Å². The minimum atomic E-state index is 0. The van der Waals surface area contributed by atoms with Gasteiger partial charge in [-0.3, -0.25) is 0 Å². The molecule has 0 atom stereocenters. The Morgan fingerprint density at radius 3 is 1.32 bits per heavy atom. The zero-order chi connectivity index (χ0) is 19.5. The molecule has 0 aliphatic heterocycles. The Bertz CT molecular complexity index is 460. The third-order valence-electron chi connectivity index (χ3n) is 4.10. The van der Waals surface area contributed by atoms with E-state index in [0.29, 0.717) is 0 Å². The standard InChI is InChI=1S/2C11H17.C2H6Si.2ClH.Zr/c2*1-2-3-4-5-8-11-9-6-7-10-11;1-3-2;;;/h2*6-7,9-10H,2-5,8H2,1H3;1-2H3;2*1H;/q2*-1;;;;+2/p-2. The Morgan fingerprint density at radius 1 is 0.714 bits per heavy atom. The van der Waals surface area contributed by atoms with Gasteiger partial charge in [-0.1, -0.05) is 78.1 Å². The van der Waals surface area contributed by atoms with Gasteiger partial charge >= 0.3 is 41.9 Å². The molecule has 0 unspecified atom stereocenters. The Morgan fingerprint density at radius 2 is 1.07 bits per heavy atom. The molecule has 0 heterocycles. The van der Waals surface area contributed by atoms with E-state index >= 15 is 0 Å². The number of unbranched alkanes of at least 4 members (excludes halogenated alkanes) is 6. The van der Waals surface area contributed by atoms with E-state index in [1.165, 1.54) is 75.3 Å². The van der Waals surface area contributed by atoms with Crippen molar-refractivity contribution < 1.29 is 48.1 Å². The molecule has 0 saturated carbocycles. The molecule has 0 nitrogen and oxygen atoms in total. The van der Waals surface area contributed by atoms with Crippen LogP contribution < -0.4 is 24.8 Å². The van der Waals surface area contributed by atoms with Gasteiger partial charge in [0.05, 0.1) is 0 Å². The second kappa shape index (κ2) is 25.4. The second-order valence-electron chi connectivity index (χ2n) is 7.21. The van der Waals surface area contributed by atoms with E-state index in [0.717, 1.165) is 0 Å². The van der Waals surface area contributed by atoms with Gasteiger partial charge in [0, 0.05) is 0 Å². The van der Waals surface area contributed by atoms with E-state index in [2.05, 4.69) is 75.5 Å². The Hall–Kier alpha value is 0.380. The first-order chi connectivity index (χ1) is 12.6. The molecule has 160 valence electrons. The molecule has 0 bridgehead atoms. The van der Waals surface area contributed by atoms with Crippen molar-refractivity contribution in [3.8, 4) is 0 Å². The SMILES string of the molecule is CCCCCCc1cc[cH-]c1.CCCCCCc1cc[cH-]c1.C[Si](C)=[Zr+2].[Cl-].[Cl-]. The van der Waals surface area contributed by atoms with Gasteiger partial charge in [0.15, 0.2) is 0 Å². The van der Waals surface area contributed by atoms with Crippen molar-refractivity contribution in [2.24, 2.45) is 0 Å². The van der Waals surface area contributed by atoms with Crippen molar-refractivity contribution >= 4 is 5.43 Å². The maximum absolute atomic E-state index is 2.31. The molecule has 0 radical (unpaired) electrons. The van der Waals surface area contributed by atoms with Gasteiger partial charge < -0.3 is 24.8 Å². The molecular weight excluding hydrogens is 478 g/mol. The summed E-state index contributed by atoms with van der Waals surface area (Å²) in [5, 5.41) is 0. The zero-order valence-electron chi connectivity index (χ0n) is 18.4. The van der Waals surface area contributed by atoms with Crippen molar-refractivity contribution in [2.75, 3.05) is 0 Å². The maximum atomic E-state index is 2.31. The third-order valence-corrected chi connectivity index (χ3v) is 4.10. The van der Waals surface area contributed by atoms with Crippen LogP contribution in [0.25, 0.3) is 0 Å². The Labute approximate surface area is 203 Å². The molecule has 2 aromatic rings. The molecule has 0 fully saturated rings. The van der Waals surface area contributed by atoms with Crippen LogP contribution in [-0.4, -0.2) is 5.43 Å². The van der Waals surface area contributed by atoms with Gasteiger partial charge in [-0.2, -0.15) is 47.5 Å². The average Bonchev–Trinajstić information content (AvgIpc) is 3.29. The molecule has 0 saturated heterocycles. The van der Waals surface area contributed by atoms with E-state index < -0.39 is 0 Å². The molecule has 0 aliphatic rings. The fraction of sp³-hybridized carbons (Fsp3) is 0.583. The van der Waals surface area contributed by atoms with E-state index in [1.54, 1.807) is 23.3 Å². The van der Waals surface area contributed by atoms with Crippen LogP contribution in [-0.2, 0) is 36.2 Å².